The predicted octanol–water partition coefficient (Wildman–Crippen LogP) is 7.51. The first-order valence-corrected chi connectivity index (χ1v) is 11.7. The van der Waals surface area contributed by atoms with Gasteiger partial charge in [-0.25, -0.2) is 0 Å². The number of nitrogens with zero attached hydrogens (tertiary/aromatic N) is 1. The highest BCUT2D eigenvalue weighted by molar-refractivity contribution is 9.10. The molecule has 0 bridgehead atoms. The van der Waals surface area contributed by atoms with E-state index in [1.54, 1.807) is 30.3 Å². The van der Waals surface area contributed by atoms with Crippen LogP contribution in [0.25, 0.3) is 6.08 Å². The number of carbonyl (C=O) groups excluding carboxylic acids is 1. The van der Waals surface area contributed by atoms with Crippen molar-refractivity contribution in [3.8, 4) is 17.6 Å². The average Bonchev–Trinajstić information content (AvgIpc) is 2.79. The van der Waals surface area contributed by atoms with Gasteiger partial charge in [-0.1, -0.05) is 62.9 Å². The third-order valence-electron chi connectivity index (χ3n) is 4.98. The molecular formula is C26H21BrCl2N2O3. The van der Waals surface area contributed by atoms with Crippen molar-refractivity contribution in [2.45, 2.75) is 20.5 Å². The van der Waals surface area contributed by atoms with Gasteiger partial charge in [-0.05, 0) is 61.4 Å². The Morgan fingerprint density at radius 2 is 1.88 bits per heavy atom. The molecule has 34 heavy (non-hydrogen) atoms. The van der Waals surface area contributed by atoms with Crippen molar-refractivity contribution in [2.24, 2.45) is 0 Å². The predicted molar refractivity (Wildman–Crippen MR) is 140 cm³/mol. The first kappa shape index (κ1) is 25.6. The van der Waals surface area contributed by atoms with Gasteiger partial charge < -0.3 is 14.8 Å². The van der Waals surface area contributed by atoms with Gasteiger partial charge in [-0.3, -0.25) is 4.79 Å². The second kappa shape index (κ2) is 11.4. The molecule has 3 rings (SSSR count). The number of ether oxygens (including phenoxy) is 2. The molecule has 174 valence electrons. The van der Waals surface area contributed by atoms with Gasteiger partial charge in [-0.15, -0.1) is 0 Å². The van der Waals surface area contributed by atoms with E-state index in [0.29, 0.717) is 37.3 Å². The number of nitriles is 1. The molecular weight excluding hydrogens is 539 g/mol. The van der Waals surface area contributed by atoms with Crippen molar-refractivity contribution in [3.05, 3.63) is 90.9 Å². The van der Waals surface area contributed by atoms with Crippen LogP contribution in [0.4, 0.5) is 5.69 Å². The summed E-state index contributed by atoms with van der Waals surface area (Å²) in [4.78, 5) is 12.7. The number of halogens is 3. The molecule has 3 aromatic rings. The van der Waals surface area contributed by atoms with Gasteiger partial charge in [0.2, 0.25) is 0 Å². The van der Waals surface area contributed by atoms with Gasteiger partial charge >= 0.3 is 0 Å². The highest BCUT2D eigenvalue weighted by Gasteiger charge is 2.15. The number of aryl methyl sites for hydroxylation is 2. The molecule has 1 amide bonds. The third-order valence-corrected chi connectivity index (χ3v) is 6.25. The molecule has 0 aliphatic carbocycles. The molecule has 0 aromatic heterocycles. The first-order chi connectivity index (χ1) is 16.2. The fourth-order valence-electron chi connectivity index (χ4n) is 3.18. The number of hydrogen-bond acceptors (Lipinski definition) is 4. The van der Waals surface area contributed by atoms with E-state index in [2.05, 4.69) is 21.2 Å². The SMILES string of the molecule is COc1cc(/C=C(\C#N)C(=O)Nc2ccc(C)cc2C)c(Br)cc1OCc1ccc(Cl)cc1Cl. The molecule has 0 saturated carbocycles. The molecule has 0 aliphatic rings. The molecule has 0 fully saturated rings. The normalized spacial score (nSPS) is 11.0. The third kappa shape index (κ3) is 6.32. The van der Waals surface area contributed by atoms with Crippen molar-refractivity contribution >= 4 is 56.8 Å². The van der Waals surface area contributed by atoms with E-state index in [9.17, 15) is 10.1 Å². The summed E-state index contributed by atoms with van der Waals surface area (Å²) in [6.07, 6.45) is 1.49. The Hall–Kier alpha value is -2.98. The van der Waals surface area contributed by atoms with E-state index >= 15 is 0 Å². The highest BCUT2D eigenvalue weighted by atomic mass is 79.9. The molecule has 0 aliphatic heterocycles. The maximum absolute atomic E-state index is 12.7. The Bertz CT molecular complexity index is 1320. The number of nitrogens with one attached hydrogen (secondary N) is 1. The van der Waals surface area contributed by atoms with Crippen molar-refractivity contribution < 1.29 is 14.3 Å². The number of hydrogen-bond donors (Lipinski definition) is 1. The zero-order valence-electron chi connectivity index (χ0n) is 18.7. The van der Waals surface area contributed by atoms with Crippen molar-refractivity contribution in [3.63, 3.8) is 0 Å². The van der Waals surface area contributed by atoms with Crippen molar-refractivity contribution in [1.29, 1.82) is 5.26 Å². The Kier molecular flexibility index (Phi) is 8.62. The Balaban J connectivity index is 1.84. The maximum Gasteiger partial charge on any atom is 0.266 e. The summed E-state index contributed by atoms with van der Waals surface area (Å²) in [5.74, 6) is 0.403. The minimum atomic E-state index is -0.502. The van der Waals surface area contributed by atoms with Crippen molar-refractivity contribution in [1.82, 2.24) is 0 Å². The van der Waals surface area contributed by atoms with Crippen LogP contribution in [-0.4, -0.2) is 13.0 Å². The van der Waals surface area contributed by atoms with Crippen LogP contribution in [-0.2, 0) is 11.4 Å². The zero-order valence-corrected chi connectivity index (χ0v) is 21.8. The summed E-state index contributed by atoms with van der Waals surface area (Å²) in [5, 5.41) is 13.4. The fourth-order valence-corrected chi connectivity index (χ4v) is 4.08. The molecule has 0 heterocycles. The molecule has 8 heteroatoms. The van der Waals surface area contributed by atoms with Crippen LogP contribution < -0.4 is 14.8 Å². The van der Waals surface area contributed by atoms with Gasteiger partial charge in [0.25, 0.3) is 5.91 Å². The average molecular weight is 560 g/mol. The number of rotatable bonds is 7. The topological polar surface area (TPSA) is 71.3 Å². The summed E-state index contributed by atoms with van der Waals surface area (Å²) in [7, 11) is 1.51. The number of benzene rings is 3. The minimum absolute atomic E-state index is 0.0515. The van der Waals surface area contributed by atoms with Gasteiger partial charge in [-0.2, -0.15) is 5.26 Å². The van der Waals surface area contributed by atoms with E-state index < -0.39 is 5.91 Å². The van der Waals surface area contributed by atoms with E-state index in [-0.39, 0.29) is 12.2 Å². The smallest absolute Gasteiger partial charge is 0.266 e. The Labute approximate surface area is 217 Å². The second-order valence-electron chi connectivity index (χ2n) is 7.49. The largest absolute Gasteiger partial charge is 0.493 e. The lowest BCUT2D eigenvalue weighted by Crippen LogP contribution is -2.14. The monoisotopic (exact) mass is 558 g/mol. The molecule has 0 spiro atoms. The molecule has 3 aromatic carbocycles. The summed E-state index contributed by atoms with van der Waals surface area (Å²) in [5.41, 5.74) is 3.95. The number of methoxy groups -OCH3 is 1. The minimum Gasteiger partial charge on any atom is -0.493 e. The van der Waals surface area contributed by atoms with Crippen LogP contribution in [0.3, 0.4) is 0 Å². The van der Waals surface area contributed by atoms with Crippen LogP contribution in [0.2, 0.25) is 10.0 Å². The Morgan fingerprint density at radius 3 is 2.53 bits per heavy atom. The van der Waals surface area contributed by atoms with Crippen LogP contribution in [0, 0.1) is 25.2 Å². The quantitative estimate of drug-likeness (QED) is 0.240. The number of anilines is 1. The van der Waals surface area contributed by atoms with Crippen molar-refractivity contribution in [2.75, 3.05) is 12.4 Å². The van der Waals surface area contributed by atoms with Gasteiger partial charge in [0.1, 0.15) is 18.2 Å². The zero-order chi connectivity index (χ0) is 24.8. The lowest BCUT2D eigenvalue weighted by atomic mass is 10.1. The summed E-state index contributed by atoms with van der Waals surface area (Å²) in [6.45, 7) is 4.08. The molecule has 1 N–H and O–H groups in total. The molecule has 0 radical (unpaired) electrons. The molecule has 5 nitrogen and oxygen atoms in total. The lowest BCUT2D eigenvalue weighted by molar-refractivity contribution is -0.112. The van der Waals surface area contributed by atoms with E-state index in [1.165, 1.54) is 13.2 Å². The first-order valence-electron chi connectivity index (χ1n) is 10.2. The number of carbonyl (C=O) groups is 1. The maximum atomic E-state index is 12.7. The molecule has 0 saturated heterocycles. The lowest BCUT2D eigenvalue weighted by Gasteiger charge is -2.14. The van der Waals surface area contributed by atoms with Crippen LogP contribution >= 0.6 is 39.1 Å². The molecule has 0 unspecified atom stereocenters. The summed E-state index contributed by atoms with van der Waals surface area (Å²) in [6, 6.07) is 16.2. The van der Waals surface area contributed by atoms with Crippen LogP contribution in [0.5, 0.6) is 11.5 Å². The summed E-state index contributed by atoms with van der Waals surface area (Å²) < 4.78 is 12.0. The van der Waals surface area contributed by atoms with E-state index in [1.807, 2.05) is 38.1 Å². The van der Waals surface area contributed by atoms with E-state index in [0.717, 1.165) is 16.7 Å². The summed E-state index contributed by atoms with van der Waals surface area (Å²) >= 11 is 15.7. The van der Waals surface area contributed by atoms with Gasteiger partial charge in [0, 0.05) is 25.8 Å². The number of amides is 1. The second-order valence-corrected chi connectivity index (χ2v) is 9.19. The Morgan fingerprint density at radius 1 is 1.12 bits per heavy atom. The standard InChI is InChI=1S/C26H21BrCl2N2O3/c1-15-4-7-23(16(2)8-15)31-26(32)19(13-30)9-18-10-24(33-3)25(12-21(18)27)34-14-17-5-6-20(28)11-22(17)29/h4-12H,14H2,1-3H3,(H,31,32)/b19-9+. The van der Waals surface area contributed by atoms with E-state index in [4.69, 9.17) is 32.7 Å². The van der Waals surface area contributed by atoms with Crippen LogP contribution in [0.1, 0.15) is 22.3 Å². The van der Waals surface area contributed by atoms with Gasteiger partial charge in [0.05, 0.1) is 7.11 Å². The fraction of sp³-hybridized carbons (Fsp3) is 0.154. The van der Waals surface area contributed by atoms with Gasteiger partial charge in [0.15, 0.2) is 11.5 Å². The molecule has 0 atom stereocenters. The van der Waals surface area contributed by atoms with Crippen LogP contribution in [0.15, 0.2) is 58.6 Å². The highest BCUT2D eigenvalue weighted by Crippen LogP contribution is 2.36.